The van der Waals surface area contributed by atoms with Crippen molar-refractivity contribution in [3.8, 4) is 0 Å². The molecule has 5 atom stereocenters. The number of ether oxygens (including phenoxy) is 3. The zero-order valence-corrected chi connectivity index (χ0v) is 13.7. The van der Waals surface area contributed by atoms with Gasteiger partial charge in [-0.1, -0.05) is 19.9 Å². The second-order valence-electron chi connectivity index (χ2n) is 6.72. The minimum Gasteiger partial charge on any atom is -0.462 e. The largest absolute Gasteiger partial charge is 0.462 e. The van der Waals surface area contributed by atoms with Crippen LogP contribution in [0.5, 0.6) is 0 Å². The molecule has 0 spiro atoms. The zero-order chi connectivity index (χ0) is 16.2. The van der Waals surface area contributed by atoms with Crippen LogP contribution in [0.3, 0.4) is 0 Å². The molecule has 1 aliphatic rings. The lowest BCUT2D eigenvalue weighted by molar-refractivity contribution is -0.267. The molecular formula is C16H28O5. The number of carbonyl (C=O) groups is 1. The van der Waals surface area contributed by atoms with Crippen LogP contribution in [0.1, 0.15) is 34.6 Å². The van der Waals surface area contributed by atoms with E-state index >= 15 is 0 Å². The van der Waals surface area contributed by atoms with E-state index in [1.165, 1.54) is 0 Å². The summed E-state index contributed by atoms with van der Waals surface area (Å²) < 4.78 is 16.6. The summed E-state index contributed by atoms with van der Waals surface area (Å²) in [6, 6.07) is 0. The predicted molar refractivity (Wildman–Crippen MR) is 79.6 cm³/mol. The smallest absolute Gasteiger partial charge is 0.311 e. The molecular weight excluding hydrogens is 272 g/mol. The highest BCUT2D eigenvalue weighted by molar-refractivity contribution is 5.75. The fourth-order valence-electron chi connectivity index (χ4n) is 2.14. The summed E-state index contributed by atoms with van der Waals surface area (Å²) >= 11 is 0. The van der Waals surface area contributed by atoms with Crippen molar-refractivity contribution in [3.05, 3.63) is 12.7 Å². The molecule has 1 fully saturated rings. The predicted octanol–water partition coefficient (Wildman–Crippen LogP) is 2.14. The molecule has 1 saturated heterocycles. The van der Waals surface area contributed by atoms with Crippen LogP contribution in [0, 0.1) is 17.3 Å². The zero-order valence-electron chi connectivity index (χ0n) is 13.7. The first-order valence-corrected chi connectivity index (χ1v) is 7.41. The van der Waals surface area contributed by atoms with E-state index in [0.29, 0.717) is 6.61 Å². The highest BCUT2D eigenvalue weighted by Gasteiger charge is 2.41. The molecule has 0 aromatic heterocycles. The van der Waals surface area contributed by atoms with Crippen LogP contribution < -0.4 is 0 Å². The number of hydrogen-bond acceptors (Lipinski definition) is 5. The van der Waals surface area contributed by atoms with E-state index in [0.717, 1.165) is 0 Å². The summed E-state index contributed by atoms with van der Waals surface area (Å²) in [7, 11) is 0. The number of esters is 1. The van der Waals surface area contributed by atoms with Gasteiger partial charge < -0.3 is 19.3 Å². The van der Waals surface area contributed by atoms with Crippen molar-refractivity contribution < 1.29 is 24.1 Å². The van der Waals surface area contributed by atoms with Crippen LogP contribution in [0.2, 0.25) is 0 Å². The van der Waals surface area contributed by atoms with Gasteiger partial charge in [-0.2, -0.15) is 0 Å². The van der Waals surface area contributed by atoms with Crippen molar-refractivity contribution in [2.75, 3.05) is 13.2 Å². The average Bonchev–Trinajstić information content (AvgIpc) is 2.41. The molecule has 0 radical (unpaired) electrons. The Balaban J connectivity index is 2.63. The van der Waals surface area contributed by atoms with Crippen LogP contribution in [0.15, 0.2) is 12.7 Å². The Bertz CT molecular complexity index is 360. The average molecular weight is 300 g/mol. The molecule has 5 heteroatoms. The Morgan fingerprint density at radius 3 is 2.48 bits per heavy atom. The maximum Gasteiger partial charge on any atom is 0.311 e. The summed E-state index contributed by atoms with van der Waals surface area (Å²) in [6.45, 7) is 13.3. The van der Waals surface area contributed by atoms with Crippen LogP contribution in [-0.4, -0.2) is 42.8 Å². The van der Waals surface area contributed by atoms with Gasteiger partial charge in [0, 0.05) is 5.92 Å². The van der Waals surface area contributed by atoms with Gasteiger partial charge >= 0.3 is 5.97 Å². The van der Waals surface area contributed by atoms with Crippen molar-refractivity contribution >= 4 is 5.97 Å². The Morgan fingerprint density at radius 1 is 1.33 bits per heavy atom. The maximum atomic E-state index is 11.8. The van der Waals surface area contributed by atoms with E-state index in [2.05, 4.69) is 6.58 Å². The third-order valence-corrected chi connectivity index (χ3v) is 3.86. The first kappa shape index (κ1) is 18.1. The quantitative estimate of drug-likeness (QED) is 0.622. The minimum atomic E-state index is -0.684. The molecule has 0 aromatic rings. The first-order chi connectivity index (χ1) is 9.68. The number of rotatable bonds is 5. The van der Waals surface area contributed by atoms with Crippen LogP contribution >= 0.6 is 0 Å². The third-order valence-electron chi connectivity index (χ3n) is 3.86. The Kier molecular flexibility index (Phi) is 6.38. The van der Waals surface area contributed by atoms with Gasteiger partial charge in [-0.05, 0) is 26.7 Å². The lowest BCUT2D eigenvalue weighted by Crippen LogP contribution is -2.52. The van der Waals surface area contributed by atoms with Crippen molar-refractivity contribution in [3.63, 3.8) is 0 Å². The van der Waals surface area contributed by atoms with Gasteiger partial charge in [0.2, 0.25) is 0 Å². The Labute approximate surface area is 127 Å². The SMILES string of the molecule is C=CCO[C@H]1OC(COC(=O)C(C)(C)C)[C@@H](O)[C@H](C)C1C. The van der Waals surface area contributed by atoms with E-state index in [1.54, 1.807) is 26.8 Å². The summed E-state index contributed by atoms with van der Waals surface area (Å²) in [4.78, 5) is 11.8. The summed E-state index contributed by atoms with van der Waals surface area (Å²) in [6.07, 6.45) is -0.0335. The van der Waals surface area contributed by atoms with Crippen molar-refractivity contribution in [2.24, 2.45) is 17.3 Å². The molecule has 0 aliphatic carbocycles. The monoisotopic (exact) mass is 300 g/mol. The van der Waals surface area contributed by atoms with Gasteiger partial charge in [-0.25, -0.2) is 0 Å². The number of hydrogen-bond donors (Lipinski definition) is 1. The molecule has 1 aliphatic heterocycles. The molecule has 0 saturated carbocycles. The second-order valence-corrected chi connectivity index (χ2v) is 6.72. The van der Waals surface area contributed by atoms with E-state index in [1.807, 2.05) is 13.8 Å². The Hall–Kier alpha value is -0.910. The second kappa shape index (κ2) is 7.38. The van der Waals surface area contributed by atoms with Crippen molar-refractivity contribution in [1.82, 2.24) is 0 Å². The number of aliphatic hydroxyl groups excluding tert-OH is 1. The standard InChI is InChI=1S/C16H28O5/c1-7-8-19-14-11(3)10(2)13(17)12(21-14)9-20-15(18)16(4,5)6/h7,10-14,17H,1,8-9H2,2-6H3/t10-,11?,12?,13+,14+/m1/s1. The molecule has 1 heterocycles. The number of carbonyl (C=O) groups excluding carboxylic acids is 1. The third kappa shape index (κ3) is 4.80. The molecule has 1 N–H and O–H groups in total. The van der Waals surface area contributed by atoms with Gasteiger partial charge in [-0.3, -0.25) is 4.79 Å². The molecule has 5 nitrogen and oxygen atoms in total. The van der Waals surface area contributed by atoms with E-state index in [4.69, 9.17) is 14.2 Å². The molecule has 0 bridgehead atoms. The van der Waals surface area contributed by atoms with Gasteiger partial charge in [0.25, 0.3) is 0 Å². The summed E-state index contributed by atoms with van der Waals surface area (Å²) in [5.74, 6) is -0.269. The van der Waals surface area contributed by atoms with Gasteiger partial charge in [-0.15, -0.1) is 6.58 Å². The maximum absolute atomic E-state index is 11.8. The minimum absolute atomic E-state index is 0.00750. The Morgan fingerprint density at radius 2 is 1.95 bits per heavy atom. The normalized spacial score (nSPS) is 33.5. The molecule has 1 rings (SSSR count). The van der Waals surface area contributed by atoms with Gasteiger partial charge in [0.1, 0.15) is 12.7 Å². The van der Waals surface area contributed by atoms with E-state index < -0.39 is 23.9 Å². The number of aliphatic hydroxyl groups is 1. The van der Waals surface area contributed by atoms with Gasteiger partial charge in [0.05, 0.1) is 18.1 Å². The highest BCUT2D eigenvalue weighted by Crippen LogP contribution is 2.31. The van der Waals surface area contributed by atoms with Crippen molar-refractivity contribution in [1.29, 1.82) is 0 Å². The summed E-state index contributed by atoms with van der Waals surface area (Å²) in [5, 5.41) is 10.3. The van der Waals surface area contributed by atoms with Crippen LogP contribution in [0.4, 0.5) is 0 Å². The lowest BCUT2D eigenvalue weighted by Gasteiger charge is -2.42. The molecule has 122 valence electrons. The van der Waals surface area contributed by atoms with E-state index in [-0.39, 0.29) is 24.4 Å². The lowest BCUT2D eigenvalue weighted by atomic mass is 9.85. The molecule has 0 aromatic carbocycles. The first-order valence-electron chi connectivity index (χ1n) is 7.41. The molecule has 0 amide bonds. The van der Waals surface area contributed by atoms with Crippen LogP contribution in [-0.2, 0) is 19.0 Å². The molecule has 2 unspecified atom stereocenters. The van der Waals surface area contributed by atoms with Crippen LogP contribution in [0.25, 0.3) is 0 Å². The van der Waals surface area contributed by atoms with E-state index in [9.17, 15) is 9.90 Å². The highest BCUT2D eigenvalue weighted by atomic mass is 16.7. The molecule has 21 heavy (non-hydrogen) atoms. The topological polar surface area (TPSA) is 65.0 Å². The van der Waals surface area contributed by atoms with Gasteiger partial charge in [0.15, 0.2) is 6.29 Å². The fraction of sp³-hybridized carbons (Fsp3) is 0.812. The fourth-order valence-corrected chi connectivity index (χ4v) is 2.14. The summed E-state index contributed by atoms with van der Waals surface area (Å²) in [5.41, 5.74) is -0.572. The van der Waals surface area contributed by atoms with Crippen molar-refractivity contribution in [2.45, 2.75) is 53.1 Å².